The van der Waals surface area contributed by atoms with Crippen molar-refractivity contribution in [1.82, 2.24) is 9.36 Å². The second-order valence-corrected chi connectivity index (χ2v) is 7.44. The number of nitriles is 1. The number of hydrogen-bond acceptors (Lipinski definition) is 6. The van der Waals surface area contributed by atoms with E-state index in [9.17, 15) is 10.1 Å². The molecule has 1 heterocycles. The smallest absolute Gasteiger partial charge is 0.268 e. The summed E-state index contributed by atoms with van der Waals surface area (Å²) in [6.45, 7) is 4.23. The van der Waals surface area contributed by atoms with Crippen LogP contribution >= 0.6 is 34.9 Å². The molecule has 24 heavy (non-hydrogen) atoms. The first-order chi connectivity index (χ1) is 11.5. The molecular formula is C16H15ClN4OS2. The van der Waals surface area contributed by atoms with Crippen molar-refractivity contribution in [3.63, 3.8) is 0 Å². The maximum atomic E-state index is 12.2. The van der Waals surface area contributed by atoms with Gasteiger partial charge in [-0.05, 0) is 29.7 Å². The van der Waals surface area contributed by atoms with Crippen LogP contribution in [0.25, 0.3) is 6.08 Å². The number of carbonyl (C=O) groups is 1. The predicted molar refractivity (Wildman–Crippen MR) is 99.1 cm³/mol. The molecule has 0 aliphatic carbocycles. The topological polar surface area (TPSA) is 78.7 Å². The van der Waals surface area contributed by atoms with Crippen molar-refractivity contribution in [2.45, 2.75) is 19.0 Å². The fourth-order valence-corrected chi connectivity index (χ4v) is 3.21. The number of amides is 1. The molecule has 0 saturated carbocycles. The highest BCUT2D eigenvalue weighted by atomic mass is 35.5. The molecule has 0 saturated heterocycles. The molecule has 1 aromatic heterocycles. The molecule has 5 nitrogen and oxygen atoms in total. The van der Waals surface area contributed by atoms with E-state index in [1.807, 2.05) is 6.07 Å². The lowest BCUT2D eigenvalue weighted by atomic mass is 10.1. The molecule has 1 aromatic carbocycles. The van der Waals surface area contributed by atoms with E-state index in [1.165, 1.54) is 17.8 Å². The van der Waals surface area contributed by atoms with Gasteiger partial charge in [-0.25, -0.2) is 0 Å². The number of aromatic nitrogens is 2. The van der Waals surface area contributed by atoms with Crippen LogP contribution in [-0.4, -0.2) is 21.0 Å². The van der Waals surface area contributed by atoms with Crippen LogP contribution in [0, 0.1) is 17.2 Å². The minimum absolute atomic E-state index is 0.0103. The zero-order valence-electron chi connectivity index (χ0n) is 13.1. The second kappa shape index (κ2) is 8.83. The van der Waals surface area contributed by atoms with Gasteiger partial charge in [0.05, 0.1) is 0 Å². The monoisotopic (exact) mass is 378 g/mol. The average Bonchev–Trinajstić information content (AvgIpc) is 2.99. The molecule has 0 radical (unpaired) electrons. The minimum Gasteiger partial charge on any atom is -0.296 e. The summed E-state index contributed by atoms with van der Waals surface area (Å²) >= 11 is 8.46. The Kier molecular flexibility index (Phi) is 6.79. The van der Waals surface area contributed by atoms with Crippen LogP contribution in [0.5, 0.6) is 0 Å². The summed E-state index contributed by atoms with van der Waals surface area (Å²) in [6, 6.07) is 8.76. The van der Waals surface area contributed by atoms with Crippen molar-refractivity contribution < 1.29 is 4.79 Å². The molecular weight excluding hydrogens is 364 g/mol. The largest absolute Gasteiger partial charge is 0.296 e. The third-order valence-electron chi connectivity index (χ3n) is 2.72. The van der Waals surface area contributed by atoms with Crippen molar-refractivity contribution >= 4 is 52.0 Å². The van der Waals surface area contributed by atoms with E-state index < -0.39 is 5.91 Å². The molecule has 0 unspecified atom stereocenters. The summed E-state index contributed by atoms with van der Waals surface area (Å²) in [5, 5.41) is 13.4. The Hall–Kier alpha value is -1.88. The Labute approximate surface area is 153 Å². The Morgan fingerprint density at radius 2 is 2.17 bits per heavy atom. The number of halogens is 1. The summed E-state index contributed by atoms with van der Waals surface area (Å²) in [5.74, 6) is 0.928. The van der Waals surface area contributed by atoms with Crippen LogP contribution in [0.3, 0.4) is 0 Å². The normalized spacial score (nSPS) is 11.4. The van der Waals surface area contributed by atoms with Crippen LogP contribution in [0.1, 0.15) is 19.4 Å². The summed E-state index contributed by atoms with van der Waals surface area (Å²) in [5.41, 5.74) is 0.709. The first kappa shape index (κ1) is 18.5. The second-order valence-electron chi connectivity index (χ2n) is 5.26. The molecule has 1 amide bonds. The van der Waals surface area contributed by atoms with Crippen molar-refractivity contribution in [2.75, 3.05) is 11.1 Å². The Balaban J connectivity index is 2.04. The van der Waals surface area contributed by atoms with Gasteiger partial charge in [0.1, 0.15) is 11.6 Å². The maximum absolute atomic E-state index is 12.2. The number of anilines is 1. The summed E-state index contributed by atoms with van der Waals surface area (Å²) in [7, 11) is 0. The average molecular weight is 379 g/mol. The SMILES string of the molecule is CC(C)CSc1nsc(NC(=O)/C(C#N)=C\c2ccc(Cl)cc2)n1. The number of hydrogen-bond donors (Lipinski definition) is 1. The third-order valence-corrected chi connectivity index (χ3v) is 4.99. The van der Waals surface area contributed by atoms with Crippen molar-refractivity contribution in [3.05, 3.63) is 40.4 Å². The number of nitrogens with zero attached hydrogens (tertiary/aromatic N) is 3. The quantitative estimate of drug-likeness (QED) is 0.455. The van der Waals surface area contributed by atoms with Crippen molar-refractivity contribution in [2.24, 2.45) is 5.92 Å². The van der Waals surface area contributed by atoms with Gasteiger partial charge in [-0.2, -0.15) is 14.6 Å². The fraction of sp³-hybridized carbons (Fsp3) is 0.250. The Morgan fingerprint density at radius 1 is 1.46 bits per heavy atom. The summed E-state index contributed by atoms with van der Waals surface area (Å²) in [6.07, 6.45) is 1.50. The van der Waals surface area contributed by atoms with Gasteiger partial charge in [-0.3, -0.25) is 10.1 Å². The molecule has 0 bridgehead atoms. The fourth-order valence-electron chi connectivity index (χ4n) is 1.60. The lowest BCUT2D eigenvalue weighted by Crippen LogP contribution is -2.13. The number of nitrogens with one attached hydrogen (secondary N) is 1. The van der Waals surface area contributed by atoms with E-state index in [4.69, 9.17) is 11.6 Å². The van der Waals surface area contributed by atoms with E-state index in [0.29, 0.717) is 21.2 Å². The molecule has 1 N–H and O–H groups in total. The highest BCUT2D eigenvalue weighted by Crippen LogP contribution is 2.22. The summed E-state index contributed by atoms with van der Waals surface area (Å²) in [4.78, 5) is 16.4. The molecule has 0 aliphatic rings. The molecule has 0 fully saturated rings. The zero-order chi connectivity index (χ0) is 17.5. The van der Waals surface area contributed by atoms with Gasteiger partial charge in [0, 0.05) is 22.3 Å². The molecule has 8 heteroatoms. The molecule has 2 rings (SSSR count). The van der Waals surface area contributed by atoms with Gasteiger partial charge in [0.25, 0.3) is 5.91 Å². The van der Waals surface area contributed by atoms with Gasteiger partial charge in [-0.15, -0.1) is 0 Å². The van der Waals surface area contributed by atoms with Crippen LogP contribution in [0.2, 0.25) is 5.02 Å². The molecule has 0 spiro atoms. The molecule has 124 valence electrons. The first-order valence-corrected chi connectivity index (χ1v) is 9.27. The van der Waals surface area contributed by atoms with Crippen molar-refractivity contribution in [3.8, 4) is 6.07 Å². The maximum Gasteiger partial charge on any atom is 0.268 e. The van der Waals surface area contributed by atoms with E-state index in [-0.39, 0.29) is 5.57 Å². The van der Waals surface area contributed by atoms with E-state index >= 15 is 0 Å². The number of rotatable bonds is 6. The third kappa shape index (κ3) is 5.64. The van der Waals surface area contributed by atoms with Gasteiger partial charge in [0.2, 0.25) is 10.3 Å². The van der Waals surface area contributed by atoms with E-state index in [1.54, 1.807) is 24.3 Å². The van der Waals surface area contributed by atoms with Gasteiger partial charge in [-0.1, -0.05) is 49.3 Å². The molecule has 0 atom stereocenters. The lowest BCUT2D eigenvalue weighted by molar-refractivity contribution is -0.112. The first-order valence-electron chi connectivity index (χ1n) is 7.13. The van der Waals surface area contributed by atoms with Gasteiger partial charge < -0.3 is 0 Å². The minimum atomic E-state index is -0.510. The number of thioether (sulfide) groups is 1. The lowest BCUT2D eigenvalue weighted by Gasteiger charge is -2.00. The predicted octanol–water partition coefficient (Wildman–Crippen LogP) is 4.49. The van der Waals surface area contributed by atoms with Crippen LogP contribution in [0.15, 0.2) is 35.0 Å². The summed E-state index contributed by atoms with van der Waals surface area (Å²) < 4.78 is 4.18. The standard InChI is InChI=1S/C16H15ClN4OS2/c1-10(2)9-23-16-20-15(24-21-16)19-14(22)12(8-18)7-11-3-5-13(17)6-4-11/h3-7,10H,9H2,1-2H3,(H,19,20,21,22)/b12-7-. The van der Waals surface area contributed by atoms with Crippen LogP contribution in [0.4, 0.5) is 5.13 Å². The van der Waals surface area contributed by atoms with Crippen LogP contribution in [-0.2, 0) is 4.79 Å². The van der Waals surface area contributed by atoms with Gasteiger partial charge in [0.15, 0.2) is 0 Å². The highest BCUT2D eigenvalue weighted by molar-refractivity contribution is 7.99. The van der Waals surface area contributed by atoms with Crippen LogP contribution < -0.4 is 5.32 Å². The number of benzene rings is 1. The molecule has 2 aromatic rings. The Bertz CT molecular complexity index is 778. The zero-order valence-corrected chi connectivity index (χ0v) is 15.5. The van der Waals surface area contributed by atoms with Crippen molar-refractivity contribution in [1.29, 1.82) is 5.26 Å². The van der Waals surface area contributed by atoms with E-state index in [2.05, 4.69) is 28.5 Å². The van der Waals surface area contributed by atoms with E-state index in [0.717, 1.165) is 22.8 Å². The van der Waals surface area contributed by atoms with Gasteiger partial charge >= 0.3 is 0 Å². The number of carbonyl (C=O) groups excluding carboxylic acids is 1. The Morgan fingerprint density at radius 3 is 2.79 bits per heavy atom. The molecule has 0 aliphatic heterocycles. The highest BCUT2D eigenvalue weighted by Gasteiger charge is 2.13.